The molecule has 1 aromatic carbocycles. The van der Waals surface area contributed by atoms with E-state index in [2.05, 4.69) is 62.4 Å². The van der Waals surface area contributed by atoms with Crippen LogP contribution in [-0.2, 0) is 6.42 Å². The number of hydrazine groups is 1. The Morgan fingerprint density at radius 3 is 2.79 bits per heavy atom. The van der Waals surface area contributed by atoms with Gasteiger partial charge in [0.05, 0.1) is 6.04 Å². The highest BCUT2D eigenvalue weighted by Gasteiger charge is 2.15. The number of fused-ring (bicyclic) bond motifs is 1. The Bertz CT molecular complexity index is 689. The summed E-state index contributed by atoms with van der Waals surface area (Å²) in [6.07, 6.45) is 0.910. The molecule has 0 aliphatic heterocycles. The number of hydrogen-bond donors (Lipinski definition) is 2. The lowest BCUT2D eigenvalue weighted by atomic mass is 10.0. The van der Waals surface area contributed by atoms with Crippen LogP contribution in [0, 0.1) is 0 Å². The Balaban J connectivity index is 1.90. The quantitative estimate of drug-likeness (QED) is 0.536. The topological polar surface area (TPSA) is 38.0 Å². The molecule has 2 aromatic heterocycles. The predicted octanol–water partition coefficient (Wildman–Crippen LogP) is 4.47. The van der Waals surface area contributed by atoms with Crippen molar-refractivity contribution >= 4 is 48.7 Å². The molecule has 0 radical (unpaired) electrons. The van der Waals surface area contributed by atoms with Gasteiger partial charge in [0, 0.05) is 19.4 Å². The van der Waals surface area contributed by atoms with Crippen molar-refractivity contribution in [2.45, 2.75) is 12.5 Å². The largest absolute Gasteiger partial charge is 0.271 e. The molecule has 0 aliphatic carbocycles. The van der Waals surface area contributed by atoms with E-state index in [1.54, 1.807) is 22.7 Å². The summed E-state index contributed by atoms with van der Waals surface area (Å²) in [4.78, 5) is 1.25. The molecule has 0 fully saturated rings. The van der Waals surface area contributed by atoms with E-state index in [1.807, 2.05) is 0 Å². The van der Waals surface area contributed by atoms with E-state index in [4.69, 9.17) is 5.84 Å². The van der Waals surface area contributed by atoms with Gasteiger partial charge in [0.2, 0.25) is 0 Å². The number of nitrogens with one attached hydrogen (secondary N) is 1. The van der Waals surface area contributed by atoms with E-state index < -0.39 is 0 Å². The molecule has 0 saturated heterocycles. The first-order valence-electron chi connectivity index (χ1n) is 5.93. The van der Waals surface area contributed by atoms with Crippen LogP contribution >= 0.6 is 38.6 Å². The summed E-state index contributed by atoms with van der Waals surface area (Å²) < 4.78 is 2.45. The summed E-state index contributed by atoms with van der Waals surface area (Å²) in [7, 11) is 0. The number of hydrogen-bond acceptors (Lipinski definition) is 4. The smallest absolute Gasteiger partial charge is 0.0594 e. The second-order valence-corrected chi connectivity index (χ2v) is 7.12. The maximum absolute atomic E-state index is 5.72. The van der Waals surface area contributed by atoms with E-state index >= 15 is 0 Å². The standard InChI is InChI=1S/C14H13BrN2S2/c15-10-6-14(19-8-10)12(17-16)5-9-7-18-13-4-2-1-3-11(9)13/h1-4,6-8,12,17H,5,16H2. The highest BCUT2D eigenvalue weighted by Crippen LogP contribution is 2.32. The zero-order valence-corrected chi connectivity index (χ0v) is 13.3. The first kappa shape index (κ1) is 13.3. The molecule has 98 valence electrons. The van der Waals surface area contributed by atoms with Crippen LogP contribution in [0.2, 0.25) is 0 Å². The van der Waals surface area contributed by atoms with E-state index in [0.29, 0.717) is 0 Å². The molecule has 0 bridgehead atoms. The van der Waals surface area contributed by atoms with Crippen LogP contribution in [0.5, 0.6) is 0 Å². The minimum Gasteiger partial charge on any atom is -0.271 e. The van der Waals surface area contributed by atoms with Crippen molar-refractivity contribution in [1.82, 2.24) is 5.43 Å². The number of benzene rings is 1. The van der Waals surface area contributed by atoms with Gasteiger partial charge in [-0.25, -0.2) is 0 Å². The lowest BCUT2D eigenvalue weighted by Crippen LogP contribution is -2.28. The maximum Gasteiger partial charge on any atom is 0.0594 e. The Labute approximate surface area is 128 Å². The molecule has 1 unspecified atom stereocenters. The second-order valence-electron chi connectivity index (χ2n) is 4.35. The Hall–Kier alpha value is -0.720. The van der Waals surface area contributed by atoms with Gasteiger partial charge in [0.1, 0.15) is 0 Å². The van der Waals surface area contributed by atoms with Gasteiger partial charge in [-0.3, -0.25) is 11.3 Å². The lowest BCUT2D eigenvalue weighted by molar-refractivity contribution is 0.562. The number of thiophene rings is 2. The summed E-state index contributed by atoms with van der Waals surface area (Å²) in [5.41, 5.74) is 4.28. The van der Waals surface area contributed by atoms with Gasteiger partial charge in [-0.1, -0.05) is 18.2 Å². The number of halogens is 1. The molecule has 1 atom stereocenters. The number of nitrogens with two attached hydrogens (primary N) is 1. The van der Waals surface area contributed by atoms with Crippen LogP contribution in [0.15, 0.2) is 45.6 Å². The monoisotopic (exact) mass is 352 g/mol. The van der Waals surface area contributed by atoms with Crippen molar-refractivity contribution in [2.75, 3.05) is 0 Å². The highest BCUT2D eigenvalue weighted by atomic mass is 79.9. The minimum atomic E-state index is 0.161. The molecule has 3 aromatic rings. The fourth-order valence-corrected chi connectivity index (χ4v) is 4.64. The highest BCUT2D eigenvalue weighted by molar-refractivity contribution is 9.10. The van der Waals surface area contributed by atoms with Crippen molar-refractivity contribution in [3.63, 3.8) is 0 Å². The molecule has 19 heavy (non-hydrogen) atoms. The summed E-state index contributed by atoms with van der Waals surface area (Å²) in [5, 5.41) is 5.66. The van der Waals surface area contributed by atoms with Crippen molar-refractivity contribution in [1.29, 1.82) is 0 Å². The van der Waals surface area contributed by atoms with Gasteiger partial charge in [0.15, 0.2) is 0 Å². The van der Waals surface area contributed by atoms with Crippen LogP contribution in [0.1, 0.15) is 16.5 Å². The lowest BCUT2D eigenvalue weighted by Gasteiger charge is -2.13. The zero-order chi connectivity index (χ0) is 13.2. The summed E-state index contributed by atoms with van der Waals surface area (Å²) in [6.45, 7) is 0. The Kier molecular flexibility index (Phi) is 4.00. The normalized spacial score (nSPS) is 12.9. The molecule has 2 heterocycles. The first-order chi connectivity index (χ1) is 9.28. The van der Waals surface area contributed by atoms with Crippen LogP contribution in [0.25, 0.3) is 10.1 Å². The molecule has 5 heteroatoms. The van der Waals surface area contributed by atoms with Crippen molar-refractivity contribution in [3.8, 4) is 0 Å². The van der Waals surface area contributed by atoms with E-state index in [-0.39, 0.29) is 6.04 Å². The minimum absolute atomic E-state index is 0.161. The summed E-state index contributed by atoms with van der Waals surface area (Å²) >= 11 is 7.01. The summed E-state index contributed by atoms with van der Waals surface area (Å²) in [5.74, 6) is 5.72. The van der Waals surface area contributed by atoms with Crippen molar-refractivity contribution in [3.05, 3.63) is 56.0 Å². The average Bonchev–Trinajstić information content (AvgIpc) is 3.03. The number of rotatable bonds is 4. The fraction of sp³-hybridized carbons (Fsp3) is 0.143. The molecule has 0 saturated carbocycles. The summed E-state index contributed by atoms with van der Waals surface area (Å²) in [6, 6.07) is 10.8. The van der Waals surface area contributed by atoms with E-state index in [9.17, 15) is 0 Å². The molecule has 3 rings (SSSR count). The SMILES string of the molecule is NNC(Cc1csc2ccccc12)c1cc(Br)cs1. The molecule has 0 aliphatic rings. The second kappa shape index (κ2) is 5.73. The van der Waals surface area contributed by atoms with Crippen molar-refractivity contribution < 1.29 is 0 Å². The van der Waals surface area contributed by atoms with Gasteiger partial charge in [-0.05, 0) is 50.8 Å². The van der Waals surface area contributed by atoms with E-state index in [0.717, 1.165) is 10.9 Å². The molecule has 0 amide bonds. The Morgan fingerprint density at radius 1 is 1.21 bits per heavy atom. The van der Waals surface area contributed by atoms with Gasteiger partial charge < -0.3 is 0 Å². The molecular weight excluding hydrogens is 340 g/mol. The maximum atomic E-state index is 5.72. The Morgan fingerprint density at radius 2 is 2.05 bits per heavy atom. The van der Waals surface area contributed by atoms with Gasteiger partial charge >= 0.3 is 0 Å². The van der Waals surface area contributed by atoms with Crippen LogP contribution in [0.3, 0.4) is 0 Å². The molecule has 0 spiro atoms. The van der Waals surface area contributed by atoms with Crippen LogP contribution in [0.4, 0.5) is 0 Å². The van der Waals surface area contributed by atoms with Crippen LogP contribution in [-0.4, -0.2) is 0 Å². The predicted molar refractivity (Wildman–Crippen MR) is 87.6 cm³/mol. The average molecular weight is 353 g/mol. The van der Waals surface area contributed by atoms with Gasteiger partial charge in [-0.2, -0.15) is 0 Å². The third kappa shape index (κ3) is 2.75. The van der Waals surface area contributed by atoms with Crippen LogP contribution < -0.4 is 11.3 Å². The zero-order valence-electron chi connectivity index (χ0n) is 10.1. The molecule has 2 nitrogen and oxygen atoms in total. The third-order valence-corrected chi connectivity index (χ3v) is 5.94. The van der Waals surface area contributed by atoms with E-state index in [1.165, 1.54) is 20.5 Å². The van der Waals surface area contributed by atoms with Gasteiger partial charge in [-0.15, -0.1) is 22.7 Å². The first-order valence-corrected chi connectivity index (χ1v) is 8.48. The molecule has 3 N–H and O–H groups in total. The van der Waals surface area contributed by atoms with Gasteiger partial charge in [0.25, 0.3) is 0 Å². The third-order valence-electron chi connectivity index (χ3n) is 3.12. The fourth-order valence-electron chi connectivity index (χ4n) is 2.16. The molecular formula is C14H13BrN2S2. The van der Waals surface area contributed by atoms with Crippen molar-refractivity contribution in [2.24, 2.45) is 5.84 Å².